The summed E-state index contributed by atoms with van der Waals surface area (Å²) in [7, 11) is 0. The normalized spacial score (nSPS) is 21.2. The fraction of sp³-hybridized carbons (Fsp3) is 0.667. The Morgan fingerprint density at radius 3 is 2.81 bits per heavy atom. The molecule has 16 heavy (non-hydrogen) atoms. The summed E-state index contributed by atoms with van der Waals surface area (Å²) < 4.78 is 1.16. The number of hydrogen-bond acceptors (Lipinski definition) is 3. The van der Waals surface area contributed by atoms with Crippen molar-refractivity contribution in [3.8, 4) is 0 Å². The zero-order valence-electron chi connectivity index (χ0n) is 9.50. The fourth-order valence-corrected chi connectivity index (χ4v) is 4.01. The summed E-state index contributed by atoms with van der Waals surface area (Å²) in [5.41, 5.74) is -0.460. The minimum Gasteiger partial charge on any atom is -0.389 e. The summed E-state index contributed by atoms with van der Waals surface area (Å²) in [4.78, 5) is 1.31. The maximum atomic E-state index is 10.2. The molecule has 1 heterocycles. The number of halogens is 1. The number of nitrogens with one attached hydrogen (secondary N) is 1. The summed E-state index contributed by atoms with van der Waals surface area (Å²) in [6, 6.07) is 2.38. The highest BCUT2D eigenvalue weighted by Gasteiger charge is 2.31. The lowest BCUT2D eigenvalue weighted by Gasteiger charge is -2.25. The molecule has 0 aromatic carbocycles. The maximum absolute atomic E-state index is 10.2. The van der Waals surface area contributed by atoms with Gasteiger partial charge in [-0.2, -0.15) is 0 Å². The smallest absolute Gasteiger partial charge is 0.0771 e. The quantitative estimate of drug-likeness (QED) is 0.893. The van der Waals surface area contributed by atoms with Crippen LogP contribution in [-0.4, -0.2) is 17.3 Å². The number of thiophene rings is 1. The molecule has 0 spiro atoms. The van der Waals surface area contributed by atoms with Gasteiger partial charge >= 0.3 is 0 Å². The maximum Gasteiger partial charge on any atom is 0.0771 e. The van der Waals surface area contributed by atoms with E-state index in [-0.39, 0.29) is 0 Å². The van der Waals surface area contributed by atoms with Gasteiger partial charge in [0, 0.05) is 21.9 Å². The first-order valence-electron chi connectivity index (χ1n) is 5.79. The van der Waals surface area contributed by atoms with Crippen LogP contribution in [0.5, 0.6) is 0 Å². The molecule has 0 saturated heterocycles. The third-order valence-electron chi connectivity index (χ3n) is 3.31. The van der Waals surface area contributed by atoms with E-state index in [1.54, 1.807) is 11.3 Å². The van der Waals surface area contributed by atoms with Gasteiger partial charge in [0.2, 0.25) is 0 Å². The van der Waals surface area contributed by atoms with E-state index >= 15 is 0 Å². The predicted molar refractivity (Wildman–Crippen MR) is 71.9 cm³/mol. The topological polar surface area (TPSA) is 32.3 Å². The van der Waals surface area contributed by atoms with Crippen molar-refractivity contribution in [3.05, 3.63) is 20.8 Å². The molecular weight excluding hydrogens is 286 g/mol. The third kappa shape index (κ3) is 2.86. The molecule has 4 heteroatoms. The van der Waals surface area contributed by atoms with Gasteiger partial charge in [-0.05, 0) is 47.1 Å². The molecule has 0 radical (unpaired) electrons. The zero-order valence-corrected chi connectivity index (χ0v) is 11.9. The van der Waals surface area contributed by atoms with Crippen LogP contribution in [0.3, 0.4) is 0 Å². The van der Waals surface area contributed by atoms with Crippen molar-refractivity contribution >= 4 is 27.3 Å². The van der Waals surface area contributed by atoms with Crippen LogP contribution in [0.15, 0.2) is 15.9 Å². The summed E-state index contributed by atoms with van der Waals surface area (Å²) >= 11 is 5.29. The molecule has 0 aliphatic heterocycles. The Balaban J connectivity index is 1.88. The first kappa shape index (κ1) is 12.6. The van der Waals surface area contributed by atoms with E-state index in [1.165, 1.54) is 4.88 Å². The average Bonchev–Trinajstić information content (AvgIpc) is 2.85. The van der Waals surface area contributed by atoms with Crippen LogP contribution in [0.25, 0.3) is 0 Å². The average molecular weight is 304 g/mol. The summed E-state index contributed by atoms with van der Waals surface area (Å²) in [6.07, 6.45) is 4.21. The van der Waals surface area contributed by atoms with E-state index in [2.05, 4.69) is 39.6 Å². The second-order valence-electron chi connectivity index (χ2n) is 4.67. The van der Waals surface area contributed by atoms with Crippen LogP contribution in [0, 0.1) is 0 Å². The Labute approximate surface area is 109 Å². The largest absolute Gasteiger partial charge is 0.389 e. The van der Waals surface area contributed by atoms with Crippen molar-refractivity contribution in [3.63, 3.8) is 0 Å². The van der Waals surface area contributed by atoms with Crippen LogP contribution < -0.4 is 5.32 Å². The standard InChI is InChI=1S/C12H18BrNOS/c1-9(11-10(13)4-7-16-11)14-8-12(15)5-2-3-6-12/h4,7,9,14-15H,2-3,5-6,8H2,1H3. The highest BCUT2D eigenvalue weighted by atomic mass is 79.9. The van der Waals surface area contributed by atoms with E-state index in [1.807, 2.05) is 0 Å². The van der Waals surface area contributed by atoms with Crippen LogP contribution in [0.1, 0.15) is 43.5 Å². The minimum absolute atomic E-state index is 0.305. The SMILES string of the molecule is CC(NCC1(O)CCCC1)c1sccc1Br. The molecule has 0 amide bonds. The summed E-state index contributed by atoms with van der Waals surface area (Å²) in [6.45, 7) is 2.85. The highest BCUT2D eigenvalue weighted by molar-refractivity contribution is 9.10. The van der Waals surface area contributed by atoms with Gasteiger partial charge in [-0.25, -0.2) is 0 Å². The van der Waals surface area contributed by atoms with Gasteiger partial charge in [0.25, 0.3) is 0 Å². The monoisotopic (exact) mass is 303 g/mol. The van der Waals surface area contributed by atoms with E-state index in [4.69, 9.17) is 0 Å². The van der Waals surface area contributed by atoms with Crippen LogP contribution in [0.4, 0.5) is 0 Å². The molecular formula is C12H18BrNOS. The molecule has 1 atom stereocenters. The molecule has 0 bridgehead atoms. The van der Waals surface area contributed by atoms with Crippen molar-refractivity contribution in [2.24, 2.45) is 0 Å². The molecule has 1 aromatic rings. The Morgan fingerprint density at radius 1 is 1.56 bits per heavy atom. The second-order valence-corrected chi connectivity index (χ2v) is 6.47. The minimum atomic E-state index is -0.460. The van der Waals surface area contributed by atoms with Crippen molar-refractivity contribution in [2.45, 2.75) is 44.2 Å². The van der Waals surface area contributed by atoms with Gasteiger partial charge in [-0.1, -0.05) is 12.8 Å². The molecule has 1 fully saturated rings. The van der Waals surface area contributed by atoms with Gasteiger partial charge in [0.05, 0.1) is 5.60 Å². The van der Waals surface area contributed by atoms with Crippen molar-refractivity contribution in [2.75, 3.05) is 6.54 Å². The van der Waals surface area contributed by atoms with Gasteiger partial charge in [0.1, 0.15) is 0 Å². The van der Waals surface area contributed by atoms with Crippen LogP contribution >= 0.6 is 27.3 Å². The first-order chi connectivity index (χ1) is 7.61. The summed E-state index contributed by atoms with van der Waals surface area (Å²) in [5, 5.41) is 15.8. The molecule has 90 valence electrons. The second kappa shape index (κ2) is 5.17. The van der Waals surface area contributed by atoms with Gasteiger partial charge in [-0.15, -0.1) is 11.3 Å². The molecule has 1 aliphatic rings. The number of hydrogen-bond donors (Lipinski definition) is 2. The lowest BCUT2D eigenvalue weighted by Crippen LogP contribution is -2.38. The molecule has 1 aromatic heterocycles. The Hall–Kier alpha value is 0.100. The zero-order chi connectivity index (χ0) is 11.6. The van der Waals surface area contributed by atoms with E-state index in [9.17, 15) is 5.11 Å². The number of rotatable bonds is 4. The van der Waals surface area contributed by atoms with Crippen molar-refractivity contribution < 1.29 is 5.11 Å². The number of aliphatic hydroxyl groups is 1. The highest BCUT2D eigenvalue weighted by Crippen LogP contribution is 2.31. The molecule has 2 rings (SSSR count). The van der Waals surface area contributed by atoms with Crippen LogP contribution in [-0.2, 0) is 0 Å². The third-order valence-corrected chi connectivity index (χ3v) is 5.36. The lowest BCUT2D eigenvalue weighted by molar-refractivity contribution is 0.0454. The van der Waals surface area contributed by atoms with Crippen molar-refractivity contribution in [1.29, 1.82) is 0 Å². The molecule has 1 unspecified atom stereocenters. The van der Waals surface area contributed by atoms with E-state index in [0.29, 0.717) is 12.6 Å². The molecule has 1 aliphatic carbocycles. The van der Waals surface area contributed by atoms with Crippen LogP contribution in [0.2, 0.25) is 0 Å². The lowest BCUT2D eigenvalue weighted by atomic mass is 10.0. The Morgan fingerprint density at radius 2 is 2.25 bits per heavy atom. The predicted octanol–water partition coefficient (Wildman–Crippen LogP) is 3.47. The Bertz CT molecular complexity index is 347. The van der Waals surface area contributed by atoms with Gasteiger partial charge < -0.3 is 10.4 Å². The van der Waals surface area contributed by atoms with Gasteiger partial charge in [-0.3, -0.25) is 0 Å². The fourth-order valence-electron chi connectivity index (χ4n) is 2.26. The van der Waals surface area contributed by atoms with Gasteiger partial charge in [0.15, 0.2) is 0 Å². The van der Waals surface area contributed by atoms with E-state index in [0.717, 1.165) is 30.2 Å². The summed E-state index contributed by atoms with van der Waals surface area (Å²) in [5.74, 6) is 0. The molecule has 2 N–H and O–H groups in total. The van der Waals surface area contributed by atoms with E-state index < -0.39 is 5.60 Å². The first-order valence-corrected chi connectivity index (χ1v) is 7.47. The molecule has 1 saturated carbocycles. The Kier molecular flexibility index (Phi) is 4.06. The van der Waals surface area contributed by atoms with Crippen molar-refractivity contribution in [1.82, 2.24) is 5.32 Å². The molecule has 2 nitrogen and oxygen atoms in total.